The molecule has 0 amide bonds. The molecule has 2 N–H and O–H groups in total. The Labute approximate surface area is 137 Å². The van der Waals surface area contributed by atoms with Crippen LogP contribution in [-0.2, 0) is 11.2 Å². The molecule has 0 bridgehead atoms. The first-order chi connectivity index (χ1) is 10.7. The van der Waals surface area contributed by atoms with E-state index in [1.165, 1.54) is 22.7 Å². The van der Waals surface area contributed by atoms with Crippen molar-refractivity contribution < 1.29 is 4.74 Å². The molecule has 0 radical (unpaired) electrons. The van der Waals surface area contributed by atoms with E-state index in [0.717, 1.165) is 43.7 Å². The largest absolute Gasteiger partial charge is 0.379 e. The van der Waals surface area contributed by atoms with Crippen molar-refractivity contribution in [3.8, 4) is 0 Å². The van der Waals surface area contributed by atoms with Crippen molar-refractivity contribution in [1.29, 1.82) is 0 Å². The third kappa shape index (κ3) is 6.32. The summed E-state index contributed by atoms with van der Waals surface area (Å²) in [6.45, 7) is 10.3. The van der Waals surface area contributed by atoms with Crippen LogP contribution < -0.4 is 10.6 Å². The van der Waals surface area contributed by atoms with Gasteiger partial charge in [-0.1, -0.05) is 0 Å². The third-order valence-electron chi connectivity index (χ3n) is 3.60. The van der Waals surface area contributed by atoms with Crippen molar-refractivity contribution in [3.05, 3.63) is 15.6 Å². The number of rotatable bonds is 9. The van der Waals surface area contributed by atoms with Crippen molar-refractivity contribution in [3.63, 3.8) is 0 Å². The van der Waals surface area contributed by atoms with Crippen LogP contribution in [0.15, 0.2) is 4.99 Å². The molecule has 0 aliphatic heterocycles. The lowest BCUT2D eigenvalue weighted by molar-refractivity contribution is 0.131. The van der Waals surface area contributed by atoms with Crippen LogP contribution in [-0.4, -0.2) is 43.8 Å². The monoisotopic (exact) mass is 324 g/mol. The number of nitrogens with zero attached hydrogens (tertiary/aromatic N) is 2. The Balaban J connectivity index is 1.65. The van der Waals surface area contributed by atoms with Crippen molar-refractivity contribution in [2.45, 2.75) is 40.0 Å². The molecular weight excluding hydrogens is 296 g/mol. The van der Waals surface area contributed by atoms with Crippen molar-refractivity contribution in [1.82, 2.24) is 15.6 Å². The third-order valence-corrected chi connectivity index (χ3v) is 4.74. The average Bonchev–Trinajstić information content (AvgIpc) is 3.25. The highest BCUT2D eigenvalue weighted by atomic mass is 32.1. The van der Waals surface area contributed by atoms with Gasteiger partial charge in [-0.2, -0.15) is 0 Å². The Morgan fingerprint density at radius 2 is 2.18 bits per heavy atom. The predicted octanol–water partition coefficient (Wildman–Crippen LogP) is 2.28. The molecular formula is C16H28N4OS. The molecule has 2 rings (SSSR count). The van der Waals surface area contributed by atoms with E-state index in [2.05, 4.69) is 41.4 Å². The number of aromatic nitrogens is 1. The molecule has 1 saturated carbocycles. The Hall–Kier alpha value is -1.14. The maximum Gasteiger partial charge on any atom is 0.191 e. The molecule has 0 aromatic carbocycles. The zero-order valence-electron chi connectivity index (χ0n) is 13.9. The smallest absolute Gasteiger partial charge is 0.191 e. The second kappa shape index (κ2) is 9.10. The molecule has 1 aromatic heterocycles. The van der Waals surface area contributed by atoms with Gasteiger partial charge < -0.3 is 15.4 Å². The van der Waals surface area contributed by atoms with Crippen LogP contribution in [0.1, 0.15) is 35.3 Å². The summed E-state index contributed by atoms with van der Waals surface area (Å²) in [4.78, 5) is 10.4. The topological polar surface area (TPSA) is 58.5 Å². The summed E-state index contributed by atoms with van der Waals surface area (Å²) in [5, 5.41) is 7.81. The van der Waals surface area contributed by atoms with Crippen LogP contribution in [0, 0.1) is 19.8 Å². The first-order valence-electron chi connectivity index (χ1n) is 8.22. The minimum Gasteiger partial charge on any atom is -0.379 e. The highest BCUT2D eigenvalue weighted by Crippen LogP contribution is 2.28. The summed E-state index contributed by atoms with van der Waals surface area (Å²) in [6.07, 6.45) is 3.61. The summed E-state index contributed by atoms with van der Waals surface area (Å²) in [5.74, 6) is 1.68. The molecule has 5 nitrogen and oxygen atoms in total. The fraction of sp³-hybridized carbons (Fsp3) is 0.750. The second-order valence-corrected chi connectivity index (χ2v) is 6.99. The molecule has 22 heavy (non-hydrogen) atoms. The van der Waals surface area contributed by atoms with E-state index in [4.69, 9.17) is 4.74 Å². The summed E-state index contributed by atoms with van der Waals surface area (Å²) in [6, 6.07) is 0. The number of nitrogens with one attached hydrogen (secondary N) is 2. The van der Waals surface area contributed by atoms with E-state index in [0.29, 0.717) is 13.2 Å². The van der Waals surface area contributed by atoms with Gasteiger partial charge in [0, 0.05) is 31.0 Å². The fourth-order valence-corrected chi connectivity index (χ4v) is 2.97. The number of aliphatic imine (C=N–C) groups is 1. The SMILES string of the molecule is CCNC(=NCCOCC1CC1)NCCc1nc(C)c(C)s1. The molecule has 1 fully saturated rings. The van der Waals surface area contributed by atoms with E-state index in [1.807, 2.05) is 0 Å². The fourth-order valence-electron chi connectivity index (χ4n) is 2.03. The van der Waals surface area contributed by atoms with Gasteiger partial charge in [0.05, 0.1) is 23.9 Å². The standard InChI is InChI=1S/C16H28N4OS/c1-4-17-16(19-9-10-21-11-14-5-6-14)18-8-7-15-20-12(2)13(3)22-15/h14H,4-11H2,1-3H3,(H2,17,18,19). The number of ether oxygens (including phenoxy) is 1. The van der Waals surface area contributed by atoms with E-state index >= 15 is 0 Å². The predicted molar refractivity (Wildman–Crippen MR) is 92.8 cm³/mol. The van der Waals surface area contributed by atoms with Crippen molar-refractivity contribution >= 4 is 17.3 Å². The van der Waals surface area contributed by atoms with E-state index < -0.39 is 0 Å². The molecule has 1 aliphatic carbocycles. The number of aryl methyl sites for hydroxylation is 2. The maximum atomic E-state index is 5.60. The summed E-state index contributed by atoms with van der Waals surface area (Å²) >= 11 is 1.78. The lowest BCUT2D eigenvalue weighted by Crippen LogP contribution is -2.38. The van der Waals surface area contributed by atoms with Gasteiger partial charge in [-0.25, -0.2) is 4.98 Å². The van der Waals surface area contributed by atoms with Gasteiger partial charge in [0.25, 0.3) is 0 Å². The van der Waals surface area contributed by atoms with Gasteiger partial charge in [-0.15, -0.1) is 11.3 Å². The van der Waals surface area contributed by atoms with Crippen LogP contribution in [0.5, 0.6) is 0 Å². The minimum atomic E-state index is 0.706. The Bertz CT molecular complexity index is 463. The maximum absolute atomic E-state index is 5.60. The summed E-state index contributed by atoms with van der Waals surface area (Å²) < 4.78 is 5.60. The molecule has 0 unspecified atom stereocenters. The van der Waals surface area contributed by atoms with Gasteiger partial charge in [0.1, 0.15) is 0 Å². The quantitative estimate of drug-likeness (QED) is 0.416. The van der Waals surface area contributed by atoms with Gasteiger partial charge in [0.2, 0.25) is 0 Å². The molecule has 0 spiro atoms. The Morgan fingerprint density at radius 3 is 2.82 bits per heavy atom. The normalized spacial score (nSPS) is 15.1. The second-order valence-electron chi connectivity index (χ2n) is 5.70. The van der Waals surface area contributed by atoms with Crippen LogP contribution >= 0.6 is 11.3 Å². The first kappa shape index (κ1) is 17.2. The molecule has 1 heterocycles. The lowest BCUT2D eigenvalue weighted by atomic mass is 10.4. The van der Waals surface area contributed by atoms with Crippen molar-refractivity contribution in [2.75, 3.05) is 32.8 Å². The van der Waals surface area contributed by atoms with Gasteiger partial charge in [-0.05, 0) is 39.5 Å². The van der Waals surface area contributed by atoms with Gasteiger partial charge in [0.15, 0.2) is 5.96 Å². The zero-order valence-corrected chi connectivity index (χ0v) is 14.8. The number of thiazole rings is 1. The summed E-state index contributed by atoms with van der Waals surface area (Å²) in [7, 11) is 0. The Kier molecular flexibility index (Phi) is 7.12. The van der Waals surface area contributed by atoms with E-state index in [-0.39, 0.29) is 0 Å². The number of hydrogen-bond acceptors (Lipinski definition) is 4. The molecule has 6 heteroatoms. The first-order valence-corrected chi connectivity index (χ1v) is 9.03. The highest BCUT2D eigenvalue weighted by molar-refractivity contribution is 7.11. The highest BCUT2D eigenvalue weighted by Gasteiger charge is 2.20. The van der Waals surface area contributed by atoms with Crippen LogP contribution in [0.4, 0.5) is 0 Å². The molecule has 124 valence electrons. The van der Waals surface area contributed by atoms with Gasteiger partial charge >= 0.3 is 0 Å². The van der Waals surface area contributed by atoms with Gasteiger partial charge in [-0.3, -0.25) is 4.99 Å². The molecule has 0 atom stereocenters. The average molecular weight is 324 g/mol. The zero-order chi connectivity index (χ0) is 15.8. The molecule has 1 aliphatic rings. The number of hydrogen-bond donors (Lipinski definition) is 2. The minimum absolute atomic E-state index is 0.706. The van der Waals surface area contributed by atoms with Crippen molar-refractivity contribution in [2.24, 2.45) is 10.9 Å². The summed E-state index contributed by atoms with van der Waals surface area (Å²) in [5.41, 5.74) is 1.15. The number of guanidine groups is 1. The molecule has 1 aromatic rings. The van der Waals surface area contributed by atoms with E-state index in [1.54, 1.807) is 11.3 Å². The van der Waals surface area contributed by atoms with Crippen LogP contribution in [0.2, 0.25) is 0 Å². The van der Waals surface area contributed by atoms with Crippen LogP contribution in [0.3, 0.4) is 0 Å². The van der Waals surface area contributed by atoms with Crippen LogP contribution in [0.25, 0.3) is 0 Å². The van der Waals surface area contributed by atoms with E-state index in [9.17, 15) is 0 Å². The Morgan fingerprint density at radius 1 is 1.36 bits per heavy atom. The molecule has 0 saturated heterocycles. The lowest BCUT2D eigenvalue weighted by Gasteiger charge is -2.10.